The van der Waals surface area contributed by atoms with Crippen LogP contribution in [0.5, 0.6) is 0 Å². The summed E-state index contributed by atoms with van der Waals surface area (Å²) in [5.74, 6) is 3.24. The Morgan fingerprint density at radius 3 is 2.34 bits per heavy atom. The molecule has 0 N–H and O–H groups in total. The van der Waals surface area contributed by atoms with E-state index in [0.717, 1.165) is 18.3 Å². The maximum atomic E-state index is 12.3. The third-order valence-electron chi connectivity index (χ3n) is 10.1. The number of rotatable bonds is 6. The molecule has 4 heteroatoms. The van der Waals surface area contributed by atoms with E-state index in [4.69, 9.17) is 9.47 Å². The molecule has 5 rings (SSSR count). The first-order chi connectivity index (χ1) is 13.9. The van der Waals surface area contributed by atoms with Crippen molar-refractivity contribution in [2.75, 3.05) is 0 Å². The fourth-order valence-corrected chi connectivity index (χ4v) is 10.0. The number of hydrogen-bond donors (Lipinski definition) is 0. The molecular weight excluding hydrogens is 364 g/mol. The SMILES string of the molecule is C=CC(=O)OC(C)C12CC(C3CCCC31)C1C3CCC(C3)C12C(C)OC(=O)C=C. The number of carbonyl (C=O) groups is 2. The van der Waals surface area contributed by atoms with Gasteiger partial charge in [-0.1, -0.05) is 19.6 Å². The van der Waals surface area contributed by atoms with Crippen LogP contribution in [0.3, 0.4) is 0 Å². The topological polar surface area (TPSA) is 52.6 Å². The Balaban J connectivity index is 1.65. The summed E-state index contributed by atoms with van der Waals surface area (Å²) in [4.78, 5) is 24.5. The monoisotopic (exact) mass is 398 g/mol. The minimum Gasteiger partial charge on any atom is -0.459 e. The molecular formula is C25H34O4. The lowest BCUT2D eigenvalue weighted by Crippen LogP contribution is -2.63. The van der Waals surface area contributed by atoms with Gasteiger partial charge in [-0.2, -0.15) is 0 Å². The van der Waals surface area contributed by atoms with Gasteiger partial charge in [0.1, 0.15) is 12.2 Å². The maximum absolute atomic E-state index is 12.3. The van der Waals surface area contributed by atoms with E-state index in [-0.39, 0.29) is 35.0 Å². The summed E-state index contributed by atoms with van der Waals surface area (Å²) in [7, 11) is 0. The van der Waals surface area contributed by atoms with Crippen LogP contribution < -0.4 is 0 Å². The van der Waals surface area contributed by atoms with Gasteiger partial charge in [0.15, 0.2) is 0 Å². The molecule has 158 valence electrons. The molecule has 0 aliphatic heterocycles. The Labute approximate surface area is 174 Å². The highest BCUT2D eigenvalue weighted by atomic mass is 16.6. The Kier molecular flexibility index (Phi) is 4.32. The first-order valence-corrected chi connectivity index (χ1v) is 11.6. The van der Waals surface area contributed by atoms with E-state index in [1.165, 1.54) is 50.7 Å². The second-order valence-corrected chi connectivity index (χ2v) is 10.4. The quantitative estimate of drug-likeness (QED) is 0.370. The van der Waals surface area contributed by atoms with E-state index in [2.05, 4.69) is 27.0 Å². The fraction of sp³-hybridized carbons (Fsp3) is 0.760. The fourth-order valence-electron chi connectivity index (χ4n) is 10.0. The molecule has 0 heterocycles. The molecule has 0 radical (unpaired) electrons. The summed E-state index contributed by atoms with van der Waals surface area (Å²) in [6.45, 7) is 11.5. The van der Waals surface area contributed by atoms with Gasteiger partial charge >= 0.3 is 11.9 Å². The molecule has 0 amide bonds. The first-order valence-electron chi connectivity index (χ1n) is 11.6. The standard InChI is InChI=1S/C25H34O4/c1-5-21(26)28-14(3)24-13-19(18-8-7-9-20(18)24)23-16-10-11-17(12-16)25(23,24)15(4)29-22(27)6-2/h5-6,14-20,23H,1-2,7-13H2,3-4H3. The van der Waals surface area contributed by atoms with Gasteiger partial charge in [0, 0.05) is 23.0 Å². The molecule has 4 nitrogen and oxygen atoms in total. The summed E-state index contributed by atoms with van der Waals surface area (Å²) >= 11 is 0. The summed E-state index contributed by atoms with van der Waals surface area (Å²) in [6, 6.07) is 0. The lowest BCUT2D eigenvalue weighted by molar-refractivity contribution is -0.216. The Hall–Kier alpha value is -1.58. The predicted molar refractivity (Wildman–Crippen MR) is 110 cm³/mol. The van der Waals surface area contributed by atoms with Crippen LogP contribution in [-0.4, -0.2) is 24.1 Å². The lowest BCUT2D eigenvalue weighted by atomic mass is 9.45. The van der Waals surface area contributed by atoms with Crippen LogP contribution in [0.1, 0.15) is 58.8 Å². The van der Waals surface area contributed by atoms with Crippen molar-refractivity contribution in [3.63, 3.8) is 0 Å². The smallest absolute Gasteiger partial charge is 0.330 e. The van der Waals surface area contributed by atoms with E-state index >= 15 is 0 Å². The molecule has 0 saturated heterocycles. The van der Waals surface area contributed by atoms with Crippen LogP contribution in [0.4, 0.5) is 0 Å². The normalized spacial score (nSPS) is 47.9. The number of fused-ring (bicyclic) bond motifs is 12. The average Bonchev–Trinajstić information content (AvgIpc) is 3.49. The molecule has 10 atom stereocenters. The van der Waals surface area contributed by atoms with E-state index in [0.29, 0.717) is 23.7 Å². The minimum absolute atomic E-state index is 0.0778. The van der Waals surface area contributed by atoms with Crippen molar-refractivity contribution in [2.24, 2.45) is 46.3 Å². The first kappa shape index (κ1) is 19.4. The zero-order valence-electron chi connectivity index (χ0n) is 17.8. The van der Waals surface area contributed by atoms with Gasteiger partial charge in [-0.05, 0) is 87.9 Å². The second kappa shape index (κ2) is 6.46. The Bertz CT molecular complexity index is 758. The van der Waals surface area contributed by atoms with Crippen molar-refractivity contribution in [2.45, 2.75) is 71.0 Å². The summed E-state index contributed by atoms with van der Waals surface area (Å²) in [5.41, 5.74) is -0.172. The van der Waals surface area contributed by atoms with Gasteiger partial charge in [0.05, 0.1) is 0 Å². The molecule has 0 aromatic heterocycles. The van der Waals surface area contributed by atoms with Crippen molar-refractivity contribution in [1.29, 1.82) is 0 Å². The molecule has 29 heavy (non-hydrogen) atoms. The summed E-state index contributed by atoms with van der Waals surface area (Å²) in [5, 5.41) is 0. The molecule has 0 aromatic carbocycles. The average molecular weight is 399 g/mol. The van der Waals surface area contributed by atoms with Gasteiger partial charge in [-0.15, -0.1) is 0 Å². The molecule has 10 unspecified atom stereocenters. The highest BCUT2D eigenvalue weighted by Gasteiger charge is 2.83. The van der Waals surface area contributed by atoms with Crippen molar-refractivity contribution in [3.05, 3.63) is 25.3 Å². The Morgan fingerprint density at radius 1 is 0.966 bits per heavy atom. The van der Waals surface area contributed by atoms with Gasteiger partial charge in [0.2, 0.25) is 0 Å². The van der Waals surface area contributed by atoms with E-state index < -0.39 is 0 Å². The summed E-state index contributed by atoms with van der Waals surface area (Å²) < 4.78 is 12.0. The molecule has 5 saturated carbocycles. The minimum atomic E-state index is -0.331. The van der Waals surface area contributed by atoms with Gasteiger partial charge in [-0.25, -0.2) is 9.59 Å². The zero-order chi connectivity index (χ0) is 20.6. The highest BCUT2D eigenvalue weighted by molar-refractivity contribution is 5.82. The number of ether oxygens (including phenoxy) is 2. The Morgan fingerprint density at radius 2 is 1.66 bits per heavy atom. The van der Waals surface area contributed by atoms with Crippen LogP contribution in [-0.2, 0) is 19.1 Å². The van der Waals surface area contributed by atoms with Crippen LogP contribution >= 0.6 is 0 Å². The van der Waals surface area contributed by atoms with E-state index in [9.17, 15) is 9.59 Å². The zero-order valence-corrected chi connectivity index (χ0v) is 17.8. The predicted octanol–water partition coefficient (Wildman–Crippen LogP) is 4.69. The van der Waals surface area contributed by atoms with Gasteiger partial charge in [-0.3, -0.25) is 0 Å². The highest BCUT2D eigenvalue weighted by Crippen LogP contribution is 2.85. The van der Waals surface area contributed by atoms with Crippen LogP contribution in [0.15, 0.2) is 25.3 Å². The largest absolute Gasteiger partial charge is 0.459 e. The maximum Gasteiger partial charge on any atom is 0.330 e. The van der Waals surface area contributed by atoms with Crippen molar-refractivity contribution in [3.8, 4) is 0 Å². The third-order valence-corrected chi connectivity index (χ3v) is 10.1. The molecule has 4 bridgehead atoms. The van der Waals surface area contributed by atoms with Crippen LogP contribution in [0, 0.1) is 46.3 Å². The third kappa shape index (κ3) is 2.16. The lowest BCUT2D eigenvalue weighted by Gasteiger charge is -2.61. The van der Waals surface area contributed by atoms with Gasteiger partial charge in [0.25, 0.3) is 0 Å². The number of esters is 2. The molecule has 5 fully saturated rings. The molecule has 0 spiro atoms. The molecule has 5 aliphatic carbocycles. The van der Waals surface area contributed by atoms with Crippen molar-refractivity contribution in [1.82, 2.24) is 0 Å². The van der Waals surface area contributed by atoms with Crippen LogP contribution in [0.2, 0.25) is 0 Å². The second-order valence-electron chi connectivity index (χ2n) is 10.4. The number of carbonyl (C=O) groups excluding carboxylic acids is 2. The van der Waals surface area contributed by atoms with E-state index in [1.807, 2.05) is 0 Å². The van der Waals surface area contributed by atoms with Gasteiger partial charge < -0.3 is 9.47 Å². The summed E-state index contributed by atoms with van der Waals surface area (Å²) in [6.07, 6.45) is 10.9. The van der Waals surface area contributed by atoms with Crippen molar-refractivity contribution >= 4 is 11.9 Å². The van der Waals surface area contributed by atoms with E-state index in [1.54, 1.807) is 0 Å². The van der Waals surface area contributed by atoms with Crippen molar-refractivity contribution < 1.29 is 19.1 Å². The molecule has 5 aliphatic rings. The van der Waals surface area contributed by atoms with Crippen LogP contribution in [0.25, 0.3) is 0 Å². The molecule has 0 aromatic rings. The number of hydrogen-bond acceptors (Lipinski definition) is 4.